The van der Waals surface area contributed by atoms with Gasteiger partial charge in [0.15, 0.2) is 0 Å². The lowest BCUT2D eigenvalue weighted by Crippen LogP contribution is -2.05. The van der Waals surface area contributed by atoms with Crippen molar-refractivity contribution in [2.75, 3.05) is 0 Å². The van der Waals surface area contributed by atoms with Gasteiger partial charge in [0.05, 0.1) is 0 Å². The second-order valence-corrected chi connectivity index (χ2v) is 4.36. The molecule has 1 atom stereocenters. The zero-order chi connectivity index (χ0) is 9.14. The highest BCUT2D eigenvalue weighted by Crippen LogP contribution is 2.26. The maximum absolute atomic E-state index is 2.44. The van der Waals surface area contributed by atoms with Gasteiger partial charge in [0.2, 0.25) is 0 Å². The quantitative estimate of drug-likeness (QED) is 0.580. The maximum Gasteiger partial charge on any atom is -0.0190 e. The minimum atomic E-state index is 0.800. The van der Waals surface area contributed by atoms with Crippen molar-refractivity contribution in [1.82, 2.24) is 0 Å². The number of allylic oxidation sites excluding steroid dienone is 4. The van der Waals surface area contributed by atoms with Gasteiger partial charge in [0.1, 0.15) is 0 Å². The van der Waals surface area contributed by atoms with Gasteiger partial charge in [0, 0.05) is 0 Å². The Bertz CT molecular complexity index is 206. The lowest BCUT2D eigenvalue weighted by Gasteiger charge is -2.19. The van der Waals surface area contributed by atoms with Gasteiger partial charge < -0.3 is 0 Å². The molecule has 0 aromatic heterocycles. The third kappa shape index (κ3) is 2.51. The normalized spacial score (nSPS) is 23.9. The van der Waals surface area contributed by atoms with Crippen molar-refractivity contribution in [3.05, 3.63) is 23.3 Å². The fraction of sp³-hybridized carbons (Fsp3) is 0.667. The van der Waals surface area contributed by atoms with E-state index in [0.717, 1.165) is 11.8 Å². The van der Waals surface area contributed by atoms with Gasteiger partial charge >= 0.3 is 0 Å². The van der Waals surface area contributed by atoms with Crippen molar-refractivity contribution in [3.63, 3.8) is 0 Å². The molecule has 0 nitrogen and oxygen atoms in total. The second kappa shape index (κ2) is 3.93. The summed E-state index contributed by atoms with van der Waals surface area (Å²) in [5.74, 6) is 1.62. The largest absolute Gasteiger partial charge is 0.0808 e. The first kappa shape index (κ1) is 9.57. The summed E-state index contributed by atoms with van der Waals surface area (Å²) in [6, 6.07) is 0. The standard InChI is InChI=1S/C12H20/c1-9(2)7-12-6-5-10(3)11(4)8-12/h5,8-9,12H,6-7H2,1-4H3. The Balaban J connectivity index is 2.53. The molecule has 0 bridgehead atoms. The van der Waals surface area contributed by atoms with Gasteiger partial charge in [-0.2, -0.15) is 0 Å². The minimum absolute atomic E-state index is 0.800. The van der Waals surface area contributed by atoms with Crippen LogP contribution in [0.5, 0.6) is 0 Å². The van der Waals surface area contributed by atoms with Crippen molar-refractivity contribution in [1.29, 1.82) is 0 Å². The summed E-state index contributed by atoms with van der Waals surface area (Å²) < 4.78 is 0. The third-order valence-corrected chi connectivity index (χ3v) is 2.61. The predicted molar refractivity (Wildman–Crippen MR) is 55.1 cm³/mol. The van der Waals surface area contributed by atoms with E-state index in [4.69, 9.17) is 0 Å². The molecule has 0 saturated carbocycles. The molecule has 0 amide bonds. The maximum atomic E-state index is 2.44. The van der Waals surface area contributed by atoms with E-state index in [-0.39, 0.29) is 0 Å². The van der Waals surface area contributed by atoms with Crippen LogP contribution in [0.4, 0.5) is 0 Å². The SMILES string of the molecule is CC1=CCC(CC(C)C)C=C1C. The Morgan fingerprint density at radius 2 is 2.00 bits per heavy atom. The van der Waals surface area contributed by atoms with Crippen LogP contribution in [-0.2, 0) is 0 Å². The van der Waals surface area contributed by atoms with E-state index in [1.165, 1.54) is 24.0 Å². The van der Waals surface area contributed by atoms with E-state index < -0.39 is 0 Å². The molecule has 12 heavy (non-hydrogen) atoms. The lowest BCUT2D eigenvalue weighted by atomic mass is 9.86. The number of hydrogen-bond donors (Lipinski definition) is 0. The second-order valence-electron chi connectivity index (χ2n) is 4.36. The summed E-state index contributed by atoms with van der Waals surface area (Å²) in [6.45, 7) is 9.03. The van der Waals surface area contributed by atoms with E-state index in [9.17, 15) is 0 Å². The van der Waals surface area contributed by atoms with Crippen molar-refractivity contribution in [2.45, 2.75) is 40.5 Å². The predicted octanol–water partition coefficient (Wildman–Crippen LogP) is 3.95. The van der Waals surface area contributed by atoms with Gasteiger partial charge in [-0.1, -0.05) is 37.1 Å². The smallest absolute Gasteiger partial charge is 0.0190 e. The molecule has 0 saturated heterocycles. The first-order valence-corrected chi connectivity index (χ1v) is 4.95. The molecule has 68 valence electrons. The summed E-state index contributed by atoms with van der Waals surface area (Å²) in [5.41, 5.74) is 2.95. The van der Waals surface area contributed by atoms with Crippen molar-refractivity contribution >= 4 is 0 Å². The molecule has 0 N–H and O–H groups in total. The Morgan fingerprint density at radius 1 is 1.33 bits per heavy atom. The molecule has 0 aromatic carbocycles. The lowest BCUT2D eigenvalue weighted by molar-refractivity contribution is 0.473. The highest BCUT2D eigenvalue weighted by molar-refractivity contribution is 5.30. The highest BCUT2D eigenvalue weighted by Gasteiger charge is 2.11. The monoisotopic (exact) mass is 164 g/mol. The van der Waals surface area contributed by atoms with Gasteiger partial charge in [-0.15, -0.1) is 0 Å². The van der Waals surface area contributed by atoms with E-state index in [2.05, 4.69) is 39.8 Å². The highest BCUT2D eigenvalue weighted by atomic mass is 14.2. The van der Waals surface area contributed by atoms with E-state index in [1.54, 1.807) is 0 Å². The Kier molecular flexibility index (Phi) is 3.13. The molecular weight excluding hydrogens is 144 g/mol. The van der Waals surface area contributed by atoms with Gasteiger partial charge in [-0.05, 0) is 38.5 Å². The van der Waals surface area contributed by atoms with Crippen LogP contribution in [-0.4, -0.2) is 0 Å². The molecule has 0 heterocycles. The van der Waals surface area contributed by atoms with Gasteiger partial charge in [-0.3, -0.25) is 0 Å². The average Bonchev–Trinajstić information content (AvgIpc) is 1.96. The zero-order valence-electron chi connectivity index (χ0n) is 8.72. The van der Waals surface area contributed by atoms with Crippen LogP contribution in [0.15, 0.2) is 23.3 Å². The summed E-state index contributed by atoms with van der Waals surface area (Å²) in [7, 11) is 0. The van der Waals surface area contributed by atoms with Gasteiger partial charge in [0.25, 0.3) is 0 Å². The van der Waals surface area contributed by atoms with Crippen LogP contribution in [0.3, 0.4) is 0 Å². The average molecular weight is 164 g/mol. The van der Waals surface area contributed by atoms with Crippen LogP contribution in [0.2, 0.25) is 0 Å². The molecule has 0 spiro atoms. The zero-order valence-corrected chi connectivity index (χ0v) is 8.72. The van der Waals surface area contributed by atoms with Gasteiger partial charge in [-0.25, -0.2) is 0 Å². The molecule has 0 fully saturated rings. The van der Waals surface area contributed by atoms with Crippen LogP contribution >= 0.6 is 0 Å². The molecule has 1 aliphatic rings. The fourth-order valence-corrected chi connectivity index (χ4v) is 1.81. The van der Waals surface area contributed by atoms with Crippen LogP contribution < -0.4 is 0 Å². The first-order chi connectivity index (χ1) is 5.59. The van der Waals surface area contributed by atoms with Crippen LogP contribution in [0.25, 0.3) is 0 Å². The molecule has 0 heteroatoms. The fourth-order valence-electron chi connectivity index (χ4n) is 1.81. The Hall–Kier alpha value is -0.520. The first-order valence-electron chi connectivity index (χ1n) is 4.95. The van der Waals surface area contributed by atoms with Crippen molar-refractivity contribution in [3.8, 4) is 0 Å². The summed E-state index contributed by atoms with van der Waals surface area (Å²) >= 11 is 0. The Morgan fingerprint density at radius 3 is 2.50 bits per heavy atom. The topological polar surface area (TPSA) is 0 Å². The summed E-state index contributed by atoms with van der Waals surface area (Å²) in [5, 5.41) is 0. The molecule has 0 aliphatic heterocycles. The van der Waals surface area contributed by atoms with Crippen LogP contribution in [0.1, 0.15) is 40.5 Å². The summed E-state index contributed by atoms with van der Waals surface area (Å²) in [6.07, 6.45) is 7.40. The minimum Gasteiger partial charge on any atom is -0.0808 e. The molecular formula is C12H20. The molecule has 1 unspecified atom stereocenters. The molecule has 1 rings (SSSR count). The molecule has 1 aliphatic carbocycles. The van der Waals surface area contributed by atoms with Crippen LogP contribution in [0, 0.1) is 11.8 Å². The summed E-state index contributed by atoms with van der Waals surface area (Å²) in [4.78, 5) is 0. The Labute approximate surface area is 76.4 Å². The molecule has 0 aromatic rings. The number of rotatable bonds is 2. The van der Waals surface area contributed by atoms with E-state index >= 15 is 0 Å². The van der Waals surface area contributed by atoms with Crippen molar-refractivity contribution < 1.29 is 0 Å². The third-order valence-electron chi connectivity index (χ3n) is 2.61. The molecule has 0 radical (unpaired) electrons. The van der Waals surface area contributed by atoms with E-state index in [1.807, 2.05) is 0 Å². The van der Waals surface area contributed by atoms with Crippen molar-refractivity contribution in [2.24, 2.45) is 11.8 Å². The van der Waals surface area contributed by atoms with E-state index in [0.29, 0.717) is 0 Å². The number of hydrogen-bond acceptors (Lipinski definition) is 0.